The highest BCUT2D eigenvalue weighted by Crippen LogP contribution is 2.32. The van der Waals surface area contributed by atoms with Crippen LogP contribution in [0.3, 0.4) is 0 Å². The van der Waals surface area contributed by atoms with Crippen LogP contribution in [0, 0.1) is 5.92 Å². The van der Waals surface area contributed by atoms with Gasteiger partial charge in [-0.1, -0.05) is 72.4 Å². The van der Waals surface area contributed by atoms with Crippen molar-refractivity contribution < 1.29 is 19.1 Å². The van der Waals surface area contributed by atoms with E-state index in [4.69, 9.17) is 51.1 Å². The zero-order chi connectivity index (χ0) is 23.3. The second-order valence-corrected chi connectivity index (χ2v) is 8.62. The van der Waals surface area contributed by atoms with Gasteiger partial charge in [0.1, 0.15) is 6.04 Å². The van der Waals surface area contributed by atoms with Gasteiger partial charge in [-0.2, -0.15) is 0 Å². The van der Waals surface area contributed by atoms with Crippen LogP contribution in [0.1, 0.15) is 31.1 Å². The van der Waals surface area contributed by atoms with Crippen LogP contribution in [0.5, 0.6) is 0 Å². The Bertz CT molecular complexity index is 997. The number of esters is 1. The van der Waals surface area contributed by atoms with Crippen molar-refractivity contribution in [2.45, 2.75) is 32.9 Å². The molecule has 0 radical (unpaired) electrons. The summed E-state index contributed by atoms with van der Waals surface area (Å²) in [5.74, 6) is -2.23. The highest BCUT2D eigenvalue weighted by atomic mass is 35.5. The molecule has 0 spiro atoms. The molecule has 0 saturated heterocycles. The SMILES string of the molecule is CC(C)[C@H](NC(=O)c1ccccc1Cl)C(=O)O[C@H](C)C(=O)Nc1cc(Cl)c(Cl)cc1Cl. The van der Waals surface area contributed by atoms with E-state index in [0.717, 1.165) is 0 Å². The molecule has 0 aliphatic carbocycles. The van der Waals surface area contributed by atoms with Gasteiger partial charge in [0.15, 0.2) is 6.10 Å². The van der Waals surface area contributed by atoms with E-state index in [2.05, 4.69) is 10.6 Å². The molecule has 0 saturated carbocycles. The number of amides is 2. The van der Waals surface area contributed by atoms with Crippen LogP contribution in [-0.4, -0.2) is 29.9 Å². The number of nitrogens with one attached hydrogen (secondary N) is 2. The van der Waals surface area contributed by atoms with Crippen LogP contribution in [0.4, 0.5) is 5.69 Å². The summed E-state index contributed by atoms with van der Waals surface area (Å²) >= 11 is 23.9. The molecule has 2 aromatic rings. The molecule has 0 heterocycles. The summed E-state index contributed by atoms with van der Waals surface area (Å²) in [7, 11) is 0. The van der Waals surface area contributed by atoms with Crippen LogP contribution in [-0.2, 0) is 14.3 Å². The first kappa shape index (κ1) is 25.3. The molecule has 2 rings (SSSR count). The largest absolute Gasteiger partial charge is 0.451 e. The molecule has 10 heteroatoms. The lowest BCUT2D eigenvalue weighted by atomic mass is 10.0. The molecular formula is C21H20Cl4N2O4. The predicted molar refractivity (Wildman–Crippen MR) is 123 cm³/mol. The maximum absolute atomic E-state index is 12.7. The average Bonchev–Trinajstić information content (AvgIpc) is 2.69. The third-order valence-corrected chi connectivity index (χ3v) is 5.62. The lowest BCUT2D eigenvalue weighted by Crippen LogP contribution is -2.47. The minimum absolute atomic E-state index is 0.174. The fourth-order valence-corrected chi connectivity index (χ4v) is 3.33. The van der Waals surface area contributed by atoms with Crippen LogP contribution >= 0.6 is 46.4 Å². The second-order valence-electron chi connectivity index (χ2n) is 6.99. The number of rotatable bonds is 7. The number of carbonyl (C=O) groups is 3. The fourth-order valence-electron chi connectivity index (χ4n) is 2.52. The summed E-state index contributed by atoms with van der Waals surface area (Å²) in [6.45, 7) is 4.87. The van der Waals surface area contributed by atoms with E-state index >= 15 is 0 Å². The Kier molecular flexibility index (Phi) is 9.01. The molecule has 31 heavy (non-hydrogen) atoms. The van der Waals surface area contributed by atoms with Crippen LogP contribution in [0.25, 0.3) is 0 Å². The third kappa shape index (κ3) is 6.74. The topological polar surface area (TPSA) is 84.5 Å². The van der Waals surface area contributed by atoms with E-state index < -0.39 is 29.9 Å². The number of anilines is 1. The van der Waals surface area contributed by atoms with Crippen molar-refractivity contribution in [2.24, 2.45) is 5.92 Å². The number of benzene rings is 2. The monoisotopic (exact) mass is 504 g/mol. The van der Waals surface area contributed by atoms with Gasteiger partial charge >= 0.3 is 5.97 Å². The van der Waals surface area contributed by atoms with Gasteiger partial charge < -0.3 is 15.4 Å². The van der Waals surface area contributed by atoms with Crippen molar-refractivity contribution in [1.82, 2.24) is 5.32 Å². The normalized spacial score (nSPS) is 12.8. The molecule has 2 amide bonds. The number of ether oxygens (including phenoxy) is 1. The molecule has 0 aliphatic heterocycles. The maximum atomic E-state index is 12.7. The van der Waals surface area contributed by atoms with E-state index in [1.165, 1.54) is 25.1 Å². The first-order valence-electron chi connectivity index (χ1n) is 9.22. The van der Waals surface area contributed by atoms with Gasteiger partial charge in [0, 0.05) is 0 Å². The summed E-state index contributed by atoms with van der Waals surface area (Å²) in [6, 6.07) is 8.23. The number of hydrogen-bond donors (Lipinski definition) is 2. The first-order chi connectivity index (χ1) is 14.5. The van der Waals surface area contributed by atoms with E-state index in [9.17, 15) is 14.4 Å². The highest BCUT2D eigenvalue weighted by Gasteiger charge is 2.30. The molecule has 0 aliphatic rings. The van der Waals surface area contributed by atoms with Gasteiger partial charge in [0.2, 0.25) is 0 Å². The molecule has 2 aromatic carbocycles. The molecule has 0 aromatic heterocycles. The van der Waals surface area contributed by atoms with Crippen LogP contribution in [0.15, 0.2) is 36.4 Å². The van der Waals surface area contributed by atoms with Crippen molar-refractivity contribution in [3.8, 4) is 0 Å². The minimum atomic E-state index is -1.17. The molecule has 0 bridgehead atoms. The van der Waals surface area contributed by atoms with Crippen molar-refractivity contribution in [3.63, 3.8) is 0 Å². The van der Waals surface area contributed by atoms with Gasteiger partial charge in [-0.3, -0.25) is 9.59 Å². The molecule has 0 unspecified atom stereocenters. The second kappa shape index (κ2) is 11.0. The van der Waals surface area contributed by atoms with Crippen LogP contribution in [0.2, 0.25) is 20.1 Å². The standard InChI is InChI=1S/C21H20Cl4N2O4/c1-10(2)18(27-20(29)12-6-4-5-7-13(12)22)21(30)31-11(3)19(28)26-17-9-15(24)14(23)8-16(17)25/h4-11,18H,1-3H3,(H,26,28)(H,27,29)/t11-,18+/m1/s1. The minimum Gasteiger partial charge on any atom is -0.451 e. The molecular weight excluding hydrogens is 486 g/mol. The lowest BCUT2D eigenvalue weighted by molar-refractivity contribution is -0.156. The summed E-state index contributed by atoms with van der Waals surface area (Å²) in [5, 5.41) is 6.00. The van der Waals surface area contributed by atoms with E-state index in [1.54, 1.807) is 32.0 Å². The summed E-state index contributed by atoms with van der Waals surface area (Å²) < 4.78 is 5.27. The Morgan fingerprint density at radius 1 is 0.871 bits per heavy atom. The first-order valence-corrected chi connectivity index (χ1v) is 10.7. The number of halogens is 4. The van der Waals surface area contributed by atoms with Crippen molar-refractivity contribution >= 4 is 69.9 Å². The average molecular weight is 506 g/mol. The lowest BCUT2D eigenvalue weighted by Gasteiger charge is -2.23. The zero-order valence-corrected chi connectivity index (χ0v) is 19.9. The molecule has 0 fully saturated rings. The molecule has 2 N–H and O–H groups in total. The summed E-state index contributed by atoms with van der Waals surface area (Å²) in [4.78, 5) is 37.6. The van der Waals surface area contributed by atoms with Gasteiger partial charge in [0.25, 0.3) is 11.8 Å². The smallest absolute Gasteiger partial charge is 0.329 e. The number of carbonyl (C=O) groups excluding carboxylic acids is 3. The Hall–Kier alpha value is -1.99. The van der Waals surface area contributed by atoms with Crippen molar-refractivity contribution in [1.29, 1.82) is 0 Å². The Balaban J connectivity index is 2.06. The predicted octanol–water partition coefficient (Wildman–Crippen LogP) is 5.63. The number of hydrogen-bond acceptors (Lipinski definition) is 4. The highest BCUT2D eigenvalue weighted by molar-refractivity contribution is 6.44. The van der Waals surface area contributed by atoms with Gasteiger partial charge in [-0.25, -0.2) is 4.79 Å². The Morgan fingerprint density at radius 3 is 2.10 bits per heavy atom. The molecule has 166 valence electrons. The molecule has 6 nitrogen and oxygen atoms in total. The Morgan fingerprint density at radius 2 is 1.48 bits per heavy atom. The van der Waals surface area contributed by atoms with Crippen LogP contribution < -0.4 is 10.6 Å². The van der Waals surface area contributed by atoms with E-state index in [-0.39, 0.29) is 37.3 Å². The van der Waals surface area contributed by atoms with Gasteiger partial charge in [-0.05, 0) is 37.1 Å². The van der Waals surface area contributed by atoms with E-state index in [0.29, 0.717) is 0 Å². The van der Waals surface area contributed by atoms with Crippen molar-refractivity contribution in [3.05, 3.63) is 62.1 Å². The third-order valence-electron chi connectivity index (χ3n) is 4.26. The molecule has 2 atom stereocenters. The fraction of sp³-hybridized carbons (Fsp3) is 0.286. The Labute approximate surface area is 200 Å². The van der Waals surface area contributed by atoms with Gasteiger partial charge in [-0.15, -0.1) is 0 Å². The van der Waals surface area contributed by atoms with Gasteiger partial charge in [0.05, 0.1) is 31.3 Å². The quantitative estimate of drug-likeness (QED) is 0.377. The summed E-state index contributed by atoms with van der Waals surface area (Å²) in [6.07, 6.45) is -1.17. The summed E-state index contributed by atoms with van der Waals surface area (Å²) in [5.41, 5.74) is 0.444. The van der Waals surface area contributed by atoms with Crippen molar-refractivity contribution in [2.75, 3.05) is 5.32 Å². The zero-order valence-electron chi connectivity index (χ0n) is 16.8. The van der Waals surface area contributed by atoms with E-state index in [1.807, 2.05) is 0 Å². The maximum Gasteiger partial charge on any atom is 0.329 e.